The van der Waals surface area contributed by atoms with Gasteiger partial charge in [0.1, 0.15) is 11.7 Å². The Labute approximate surface area is 216 Å². The van der Waals surface area contributed by atoms with Crippen molar-refractivity contribution in [1.82, 2.24) is 15.2 Å². The third-order valence-corrected chi connectivity index (χ3v) is 6.23. The number of amidine groups is 1. The monoisotopic (exact) mass is 536 g/mol. The second-order valence-electron chi connectivity index (χ2n) is 8.05. The van der Waals surface area contributed by atoms with Gasteiger partial charge in [-0.25, -0.2) is 19.0 Å². The highest BCUT2D eigenvalue weighted by molar-refractivity contribution is 6.35. The van der Waals surface area contributed by atoms with Crippen LogP contribution in [0.2, 0.25) is 10.0 Å². The number of ether oxygens (including phenoxy) is 2. The van der Waals surface area contributed by atoms with Crippen LogP contribution < -0.4 is 5.32 Å². The lowest BCUT2D eigenvalue weighted by Gasteiger charge is -2.34. The number of halogens is 3. The van der Waals surface area contributed by atoms with E-state index in [-0.39, 0.29) is 48.4 Å². The molecule has 0 amide bonds. The lowest BCUT2D eigenvalue weighted by molar-refractivity contribution is -0.155. The summed E-state index contributed by atoms with van der Waals surface area (Å²) in [7, 11) is 0. The lowest BCUT2D eigenvalue weighted by atomic mass is 9.94. The molecular formula is C24H23Cl2FN4O5. The second-order valence-corrected chi connectivity index (χ2v) is 8.89. The normalized spacial score (nSPS) is 20.5. The lowest BCUT2D eigenvalue weighted by Crippen LogP contribution is -2.49. The van der Waals surface area contributed by atoms with Crippen LogP contribution in [0, 0.1) is 5.82 Å². The van der Waals surface area contributed by atoms with Gasteiger partial charge in [-0.05, 0) is 31.2 Å². The molecule has 0 bridgehead atoms. The zero-order chi connectivity index (χ0) is 25.8. The smallest absolute Gasteiger partial charge is 0.338 e. The van der Waals surface area contributed by atoms with Crippen LogP contribution in [0.3, 0.4) is 0 Å². The van der Waals surface area contributed by atoms with Crippen LogP contribution in [0.5, 0.6) is 0 Å². The first kappa shape index (κ1) is 26.0. The van der Waals surface area contributed by atoms with Gasteiger partial charge in [0.15, 0.2) is 17.8 Å². The second kappa shape index (κ2) is 11.3. The summed E-state index contributed by atoms with van der Waals surface area (Å²) in [5, 5.41) is 13.1. The number of nitrogens with one attached hydrogen (secondary N) is 1. The van der Waals surface area contributed by atoms with Gasteiger partial charge in [-0.3, -0.25) is 9.89 Å². The number of aromatic nitrogens is 1. The molecule has 0 radical (unpaired) electrons. The molecule has 9 nitrogen and oxygen atoms in total. The molecule has 1 aromatic carbocycles. The molecule has 12 heteroatoms. The third-order valence-electron chi connectivity index (χ3n) is 5.67. The van der Waals surface area contributed by atoms with E-state index in [0.717, 1.165) is 0 Å². The van der Waals surface area contributed by atoms with Gasteiger partial charge < -0.3 is 19.9 Å². The molecule has 2 aliphatic heterocycles. The largest absolute Gasteiger partial charge is 0.479 e. The van der Waals surface area contributed by atoms with Crippen molar-refractivity contribution in [3.8, 4) is 0 Å². The SMILES string of the molecule is CCOC(=O)C1=C(CN2CCOC(C(=O)O)C2)NC(c2ncccc2F)=NC1c1ccc(Cl)cc1Cl. The number of esters is 1. The Morgan fingerprint density at radius 2 is 2.14 bits per heavy atom. The van der Waals surface area contributed by atoms with Crippen LogP contribution in [0.15, 0.2) is 52.8 Å². The number of hydrogen-bond donors (Lipinski definition) is 2. The summed E-state index contributed by atoms with van der Waals surface area (Å²) >= 11 is 12.6. The first-order chi connectivity index (χ1) is 17.3. The van der Waals surface area contributed by atoms with Gasteiger partial charge in [0.25, 0.3) is 0 Å². The summed E-state index contributed by atoms with van der Waals surface area (Å²) in [6.07, 6.45) is 0.410. The number of pyridine rings is 1. The van der Waals surface area contributed by atoms with Crippen molar-refractivity contribution >= 4 is 41.0 Å². The molecule has 36 heavy (non-hydrogen) atoms. The number of carboxylic acids is 1. The van der Waals surface area contributed by atoms with Gasteiger partial charge >= 0.3 is 11.9 Å². The Bertz CT molecular complexity index is 1240. The Balaban J connectivity index is 1.83. The molecule has 0 saturated carbocycles. The number of morpholine rings is 1. The minimum absolute atomic E-state index is 0.0432. The molecule has 1 aromatic heterocycles. The molecular weight excluding hydrogens is 514 g/mol. The molecule has 2 N–H and O–H groups in total. The highest BCUT2D eigenvalue weighted by Gasteiger charge is 2.36. The number of benzene rings is 1. The fraction of sp³-hybridized carbons (Fsp3) is 0.333. The summed E-state index contributed by atoms with van der Waals surface area (Å²) in [5.74, 6) is -2.24. The van der Waals surface area contributed by atoms with Gasteiger partial charge in [-0.1, -0.05) is 29.3 Å². The summed E-state index contributed by atoms with van der Waals surface area (Å²) < 4.78 is 25.4. The van der Waals surface area contributed by atoms with Gasteiger partial charge in [0.2, 0.25) is 0 Å². The maximum Gasteiger partial charge on any atom is 0.338 e. The standard InChI is InChI=1S/C24H23Cl2FN4O5/c1-2-35-24(34)19-17(11-31-8-9-36-18(12-31)23(32)33)29-22(21-16(27)4-3-7-28-21)30-20(19)14-6-5-13(25)10-15(14)26/h3-7,10,18,20H,2,8-9,11-12H2,1H3,(H,29,30)(H,32,33). The van der Waals surface area contributed by atoms with Crippen LogP contribution in [-0.2, 0) is 19.1 Å². The zero-order valence-corrected chi connectivity index (χ0v) is 20.7. The molecule has 190 valence electrons. The van der Waals surface area contributed by atoms with Crippen molar-refractivity contribution in [2.45, 2.75) is 19.1 Å². The predicted molar refractivity (Wildman–Crippen MR) is 131 cm³/mol. The van der Waals surface area contributed by atoms with Crippen LogP contribution >= 0.6 is 23.2 Å². The van der Waals surface area contributed by atoms with Crippen LogP contribution in [0.4, 0.5) is 4.39 Å². The van der Waals surface area contributed by atoms with E-state index in [0.29, 0.717) is 22.8 Å². The quantitative estimate of drug-likeness (QED) is 0.518. The van der Waals surface area contributed by atoms with Crippen LogP contribution in [-0.4, -0.2) is 71.7 Å². The van der Waals surface area contributed by atoms with E-state index in [9.17, 15) is 19.1 Å². The van der Waals surface area contributed by atoms with Crippen molar-refractivity contribution < 1.29 is 28.6 Å². The molecule has 2 aliphatic rings. The first-order valence-corrected chi connectivity index (χ1v) is 11.9. The van der Waals surface area contributed by atoms with Crippen molar-refractivity contribution in [2.75, 3.05) is 32.8 Å². The zero-order valence-electron chi connectivity index (χ0n) is 19.2. The maximum absolute atomic E-state index is 14.7. The number of carboxylic acid groups (broad SMARTS) is 1. The highest BCUT2D eigenvalue weighted by Crippen LogP contribution is 2.37. The molecule has 4 rings (SSSR count). The topological polar surface area (TPSA) is 113 Å². The summed E-state index contributed by atoms with van der Waals surface area (Å²) in [6, 6.07) is 6.53. The number of nitrogens with zero attached hydrogens (tertiary/aromatic N) is 3. The fourth-order valence-corrected chi connectivity index (χ4v) is 4.53. The minimum Gasteiger partial charge on any atom is -0.479 e. The maximum atomic E-state index is 14.7. The van der Waals surface area contributed by atoms with E-state index in [1.165, 1.54) is 24.4 Å². The van der Waals surface area contributed by atoms with Gasteiger partial charge in [0.05, 0.1) is 18.8 Å². The number of aliphatic carboxylic acids is 1. The molecule has 2 atom stereocenters. The van der Waals surface area contributed by atoms with Gasteiger partial charge in [0, 0.05) is 47.1 Å². The van der Waals surface area contributed by atoms with E-state index in [1.807, 2.05) is 4.90 Å². The van der Waals surface area contributed by atoms with Crippen molar-refractivity contribution in [3.63, 3.8) is 0 Å². The number of carbonyl (C=O) groups excluding carboxylic acids is 1. The molecule has 3 heterocycles. The molecule has 2 aromatic rings. The Kier molecular flexibility index (Phi) is 8.20. The van der Waals surface area contributed by atoms with E-state index in [1.54, 1.807) is 19.1 Å². The van der Waals surface area contributed by atoms with Crippen molar-refractivity contribution in [1.29, 1.82) is 0 Å². The number of hydrogen-bond acceptors (Lipinski definition) is 8. The number of aliphatic imine (C=N–C) groups is 1. The van der Waals surface area contributed by atoms with E-state index in [4.69, 9.17) is 32.7 Å². The molecule has 0 spiro atoms. The predicted octanol–water partition coefficient (Wildman–Crippen LogP) is 3.22. The summed E-state index contributed by atoms with van der Waals surface area (Å²) in [6.45, 7) is 2.61. The summed E-state index contributed by atoms with van der Waals surface area (Å²) in [5.41, 5.74) is 0.950. The van der Waals surface area contributed by atoms with E-state index < -0.39 is 29.9 Å². The Hall–Kier alpha value is -3.05. The Morgan fingerprint density at radius 1 is 1.33 bits per heavy atom. The summed E-state index contributed by atoms with van der Waals surface area (Å²) in [4.78, 5) is 35.3. The van der Waals surface area contributed by atoms with Gasteiger partial charge in [-0.2, -0.15) is 0 Å². The average molecular weight is 537 g/mol. The van der Waals surface area contributed by atoms with Crippen molar-refractivity contribution in [2.24, 2.45) is 4.99 Å². The molecule has 1 saturated heterocycles. The number of rotatable bonds is 7. The average Bonchev–Trinajstić information content (AvgIpc) is 2.84. The molecule has 0 aliphatic carbocycles. The fourth-order valence-electron chi connectivity index (χ4n) is 4.02. The third kappa shape index (κ3) is 5.67. The van der Waals surface area contributed by atoms with E-state index in [2.05, 4.69) is 15.3 Å². The Morgan fingerprint density at radius 3 is 2.83 bits per heavy atom. The molecule has 2 unspecified atom stereocenters. The molecule has 1 fully saturated rings. The number of carbonyl (C=O) groups is 2. The van der Waals surface area contributed by atoms with E-state index >= 15 is 0 Å². The van der Waals surface area contributed by atoms with Gasteiger partial charge in [-0.15, -0.1) is 0 Å². The van der Waals surface area contributed by atoms with Crippen LogP contribution in [0.25, 0.3) is 0 Å². The van der Waals surface area contributed by atoms with Crippen LogP contribution in [0.1, 0.15) is 24.2 Å². The highest BCUT2D eigenvalue weighted by atomic mass is 35.5. The first-order valence-electron chi connectivity index (χ1n) is 11.2. The minimum atomic E-state index is -1.08. The van der Waals surface area contributed by atoms with Crippen molar-refractivity contribution in [3.05, 3.63) is 74.9 Å².